The Morgan fingerprint density at radius 1 is 1.07 bits per heavy atom. The van der Waals surface area contributed by atoms with Crippen molar-refractivity contribution in [2.24, 2.45) is 0 Å². The summed E-state index contributed by atoms with van der Waals surface area (Å²) in [7, 11) is 0. The predicted octanol–water partition coefficient (Wildman–Crippen LogP) is 3.21. The van der Waals surface area contributed by atoms with Crippen LogP contribution in [-0.2, 0) is 11.4 Å². The van der Waals surface area contributed by atoms with Crippen molar-refractivity contribution in [3.63, 3.8) is 0 Å². The zero-order chi connectivity index (χ0) is 19.1. The molecule has 0 aliphatic carbocycles. The van der Waals surface area contributed by atoms with E-state index >= 15 is 0 Å². The molecule has 1 aromatic heterocycles. The molecular formula is C20H21N3O4. The second-order valence-electron chi connectivity index (χ2n) is 6.00. The monoisotopic (exact) mass is 367 g/mol. The minimum atomic E-state index is -0.379. The van der Waals surface area contributed by atoms with E-state index in [0.717, 1.165) is 11.3 Å². The zero-order valence-corrected chi connectivity index (χ0v) is 15.2. The van der Waals surface area contributed by atoms with Gasteiger partial charge < -0.3 is 19.3 Å². The highest BCUT2D eigenvalue weighted by Gasteiger charge is 2.15. The largest absolute Gasteiger partial charge is 0.489 e. The fourth-order valence-corrected chi connectivity index (χ4v) is 2.36. The van der Waals surface area contributed by atoms with Crippen LogP contribution in [0.25, 0.3) is 0 Å². The summed E-state index contributed by atoms with van der Waals surface area (Å²) >= 11 is 0. The van der Waals surface area contributed by atoms with Gasteiger partial charge in [0.05, 0.1) is 0 Å². The van der Waals surface area contributed by atoms with E-state index in [2.05, 4.69) is 15.5 Å². The fraction of sp³-hybridized carbons (Fsp3) is 0.250. The lowest BCUT2D eigenvalue weighted by molar-refractivity contribution is -0.123. The van der Waals surface area contributed by atoms with Gasteiger partial charge in [0.15, 0.2) is 12.4 Å². The first-order chi connectivity index (χ1) is 13.1. The lowest BCUT2D eigenvalue weighted by atomic mass is 10.2. The molecule has 0 fully saturated rings. The molecule has 27 heavy (non-hydrogen) atoms. The van der Waals surface area contributed by atoms with Gasteiger partial charge in [0.25, 0.3) is 5.91 Å². The Labute approximate surface area is 157 Å². The lowest BCUT2D eigenvalue weighted by Crippen LogP contribution is -2.31. The Bertz CT molecular complexity index is 862. The Hall–Kier alpha value is -3.35. The minimum absolute atomic E-state index is 0.109. The molecular weight excluding hydrogens is 346 g/mol. The zero-order valence-electron chi connectivity index (χ0n) is 15.2. The van der Waals surface area contributed by atoms with E-state index in [1.807, 2.05) is 30.3 Å². The Kier molecular flexibility index (Phi) is 6.04. The number of rotatable bonds is 8. The van der Waals surface area contributed by atoms with Gasteiger partial charge >= 0.3 is 0 Å². The van der Waals surface area contributed by atoms with Gasteiger partial charge in [0, 0.05) is 0 Å². The maximum Gasteiger partial charge on any atom is 0.258 e. The van der Waals surface area contributed by atoms with Gasteiger partial charge in [-0.15, -0.1) is 0 Å². The number of carbonyl (C=O) groups is 1. The second kappa shape index (κ2) is 8.84. The van der Waals surface area contributed by atoms with Crippen molar-refractivity contribution in [2.75, 3.05) is 6.61 Å². The Balaban J connectivity index is 1.43. The second-order valence-corrected chi connectivity index (χ2v) is 6.00. The molecule has 0 bridgehead atoms. The van der Waals surface area contributed by atoms with Crippen LogP contribution in [0.5, 0.6) is 11.5 Å². The first-order valence-corrected chi connectivity index (χ1v) is 8.59. The van der Waals surface area contributed by atoms with E-state index < -0.39 is 0 Å². The van der Waals surface area contributed by atoms with E-state index in [1.165, 1.54) is 0 Å². The summed E-state index contributed by atoms with van der Waals surface area (Å²) in [5, 5.41) is 6.45. The van der Waals surface area contributed by atoms with Crippen LogP contribution >= 0.6 is 0 Å². The smallest absolute Gasteiger partial charge is 0.258 e. The van der Waals surface area contributed by atoms with Crippen LogP contribution in [0.15, 0.2) is 59.1 Å². The molecule has 3 rings (SSSR count). The molecule has 1 N–H and O–H groups in total. The molecule has 0 saturated heterocycles. The van der Waals surface area contributed by atoms with Crippen molar-refractivity contribution in [1.82, 2.24) is 15.5 Å². The summed E-state index contributed by atoms with van der Waals surface area (Å²) in [5.41, 5.74) is 1.10. The molecule has 0 aliphatic heterocycles. The molecule has 1 atom stereocenters. The molecule has 0 aliphatic rings. The van der Waals surface area contributed by atoms with Crippen molar-refractivity contribution < 1.29 is 18.8 Å². The molecule has 3 aromatic rings. The number of nitrogens with one attached hydrogen (secondary N) is 1. The van der Waals surface area contributed by atoms with E-state index in [4.69, 9.17) is 14.0 Å². The average Bonchev–Trinajstić information content (AvgIpc) is 3.13. The lowest BCUT2D eigenvalue weighted by Gasteiger charge is -2.11. The van der Waals surface area contributed by atoms with Crippen LogP contribution in [0.3, 0.4) is 0 Å². The summed E-state index contributed by atoms with van der Waals surface area (Å²) in [4.78, 5) is 16.1. The van der Waals surface area contributed by atoms with Crippen LogP contribution < -0.4 is 14.8 Å². The average molecular weight is 367 g/mol. The van der Waals surface area contributed by atoms with Crippen molar-refractivity contribution in [1.29, 1.82) is 0 Å². The summed E-state index contributed by atoms with van der Waals surface area (Å²) in [6.07, 6.45) is 0. The molecule has 7 nitrogen and oxygen atoms in total. The highest BCUT2D eigenvalue weighted by Crippen LogP contribution is 2.19. The molecule has 0 saturated carbocycles. The number of hydrogen-bond acceptors (Lipinski definition) is 6. The van der Waals surface area contributed by atoms with E-state index in [9.17, 15) is 4.79 Å². The van der Waals surface area contributed by atoms with Gasteiger partial charge in [0.2, 0.25) is 5.89 Å². The Morgan fingerprint density at radius 2 is 1.74 bits per heavy atom. The third-order valence-corrected chi connectivity index (χ3v) is 3.73. The molecule has 0 radical (unpaired) electrons. The van der Waals surface area contributed by atoms with Crippen LogP contribution in [0.4, 0.5) is 0 Å². The first kappa shape index (κ1) is 18.4. The molecule has 140 valence electrons. The van der Waals surface area contributed by atoms with Gasteiger partial charge in [-0.05, 0) is 43.7 Å². The highest BCUT2D eigenvalue weighted by atomic mass is 16.5. The third-order valence-electron chi connectivity index (χ3n) is 3.73. The SMILES string of the molecule is Cc1noc(C(C)NC(=O)COc2ccc(OCc3ccccc3)cc2)n1. The number of aromatic nitrogens is 2. The van der Waals surface area contributed by atoms with Gasteiger partial charge in [-0.3, -0.25) is 4.79 Å². The van der Waals surface area contributed by atoms with E-state index in [0.29, 0.717) is 24.1 Å². The van der Waals surface area contributed by atoms with Crippen LogP contribution in [0.1, 0.15) is 30.2 Å². The Morgan fingerprint density at radius 3 is 2.37 bits per heavy atom. The molecule has 1 unspecified atom stereocenters. The topological polar surface area (TPSA) is 86.5 Å². The molecule has 1 heterocycles. The minimum Gasteiger partial charge on any atom is -0.489 e. The van der Waals surface area contributed by atoms with Crippen LogP contribution in [-0.4, -0.2) is 22.7 Å². The standard InChI is InChI=1S/C20H21N3O4/c1-14(20-22-15(2)23-27-20)21-19(24)13-26-18-10-8-17(9-11-18)25-12-16-6-4-3-5-7-16/h3-11,14H,12-13H2,1-2H3,(H,21,24). The number of nitrogens with zero attached hydrogens (tertiary/aromatic N) is 2. The first-order valence-electron chi connectivity index (χ1n) is 8.59. The van der Waals surface area contributed by atoms with Gasteiger partial charge in [-0.1, -0.05) is 35.5 Å². The van der Waals surface area contributed by atoms with Gasteiger partial charge in [-0.2, -0.15) is 4.98 Å². The number of carbonyl (C=O) groups excluding carboxylic acids is 1. The van der Waals surface area contributed by atoms with Crippen LogP contribution in [0.2, 0.25) is 0 Å². The molecule has 2 aromatic carbocycles. The van der Waals surface area contributed by atoms with E-state index in [1.54, 1.807) is 38.1 Å². The van der Waals surface area contributed by atoms with Crippen molar-refractivity contribution in [3.8, 4) is 11.5 Å². The maximum atomic E-state index is 12.0. The van der Waals surface area contributed by atoms with E-state index in [-0.39, 0.29) is 18.6 Å². The summed E-state index contributed by atoms with van der Waals surface area (Å²) in [6, 6.07) is 16.7. The molecule has 0 spiro atoms. The fourth-order valence-electron chi connectivity index (χ4n) is 2.36. The summed E-state index contributed by atoms with van der Waals surface area (Å²) < 4.78 is 16.2. The van der Waals surface area contributed by atoms with Gasteiger partial charge in [0.1, 0.15) is 24.1 Å². The summed E-state index contributed by atoms with van der Waals surface area (Å²) in [5.74, 6) is 1.93. The van der Waals surface area contributed by atoms with Crippen molar-refractivity contribution in [3.05, 3.63) is 71.9 Å². The third kappa shape index (κ3) is 5.57. The number of aryl methyl sites for hydroxylation is 1. The van der Waals surface area contributed by atoms with Crippen LogP contribution in [0, 0.1) is 6.92 Å². The normalized spacial score (nSPS) is 11.6. The molecule has 1 amide bonds. The van der Waals surface area contributed by atoms with Crippen molar-refractivity contribution >= 4 is 5.91 Å². The number of amides is 1. The quantitative estimate of drug-likeness (QED) is 0.658. The number of benzene rings is 2. The molecule has 7 heteroatoms. The maximum absolute atomic E-state index is 12.0. The van der Waals surface area contributed by atoms with Crippen molar-refractivity contribution in [2.45, 2.75) is 26.5 Å². The van der Waals surface area contributed by atoms with Gasteiger partial charge in [-0.25, -0.2) is 0 Å². The number of hydrogen-bond donors (Lipinski definition) is 1. The predicted molar refractivity (Wildman–Crippen MR) is 98.3 cm³/mol. The number of ether oxygens (including phenoxy) is 2. The highest BCUT2D eigenvalue weighted by molar-refractivity contribution is 5.77. The summed E-state index contributed by atoms with van der Waals surface area (Å²) in [6.45, 7) is 3.87.